The topological polar surface area (TPSA) is 135 Å². The predicted molar refractivity (Wildman–Crippen MR) is 143 cm³/mol. The van der Waals surface area contributed by atoms with Crippen LogP contribution in [0.25, 0.3) is 16.9 Å². The number of nitrogens with two attached hydrogens (primary N) is 1. The van der Waals surface area contributed by atoms with E-state index in [2.05, 4.69) is 20.3 Å². The minimum Gasteiger partial charge on any atom is -0.450 e. The van der Waals surface area contributed by atoms with Crippen molar-refractivity contribution in [3.05, 3.63) is 69.6 Å². The molecular weight excluding hydrogens is 508 g/mol. The van der Waals surface area contributed by atoms with Crippen LogP contribution in [-0.4, -0.2) is 42.5 Å². The zero-order valence-electron chi connectivity index (χ0n) is 20.8. The highest BCUT2D eigenvalue weighted by Crippen LogP contribution is 2.40. The highest BCUT2D eigenvalue weighted by molar-refractivity contribution is 6.36. The Morgan fingerprint density at radius 2 is 2.16 bits per heavy atom. The third-order valence-electron chi connectivity index (χ3n) is 6.77. The van der Waals surface area contributed by atoms with E-state index in [0.717, 1.165) is 31.4 Å². The maximum Gasteiger partial charge on any atom is 0.290 e. The summed E-state index contributed by atoms with van der Waals surface area (Å²) < 4.78 is 14.9. The van der Waals surface area contributed by atoms with Gasteiger partial charge >= 0.3 is 0 Å². The van der Waals surface area contributed by atoms with Gasteiger partial charge in [0.2, 0.25) is 5.95 Å². The number of nitrogens with one attached hydrogen (secondary N) is 1. The largest absolute Gasteiger partial charge is 0.450 e. The molecule has 1 atom stereocenters. The molecule has 1 saturated carbocycles. The van der Waals surface area contributed by atoms with Gasteiger partial charge in [0.15, 0.2) is 17.2 Å². The van der Waals surface area contributed by atoms with Crippen molar-refractivity contribution in [1.82, 2.24) is 29.3 Å². The second kappa shape index (κ2) is 10.1. The maximum absolute atomic E-state index is 13.5. The first-order chi connectivity index (χ1) is 18.5. The summed E-state index contributed by atoms with van der Waals surface area (Å²) in [5.74, 6) is 1.43. The number of imidazole rings is 1. The number of rotatable bonds is 7. The van der Waals surface area contributed by atoms with E-state index in [1.165, 1.54) is 12.4 Å². The molecule has 12 heteroatoms. The fourth-order valence-corrected chi connectivity index (χ4v) is 4.88. The molecule has 0 spiro atoms. The zero-order chi connectivity index (χ0) is 26.2. The average molecular weight is 535 g/mol. The van der Waals surface area contributed by atoms with E-state index in [1.807, 2.05) is 12.1 Å². The monoisotopic (exact) mass is 534 g/mol. The van der Waals surface area contributed by atoms with Crippen LogP contribution in [0.1, 0.15) is 49.0 Å². The van der Waals surface area contributed by atoms with Crippen LogP contribution in [0.3, 0.4) is 0 Å². The SMILES string of the molecule is Cn1c(Nc2cc(C3CC3)nn(C3CCCOC3)c2=O)nc2ncc(O/C(=C/N)c3ccccn3)c(Cl)c21. The van der Waals surface area contributed by atoms with Crippen molar-refractivity contribution in [3.8, 4) is 5.75 Å². The average Bonchev–Trinajstić information content (AvgIpc) is 3.75. The van der Waals surface area contributed by atoms with Gasteiger partial charge < -0.3 is 25.1 Å². The second-order valence-electron chi connectivity index (χ2n) is 9.45. The summed E-state index contributed by atoms with van der Waals surface area (Å²) in [6.45, 7) is 1.19. The lowest BCUT2D eigenvalue weighted by atomic mass is 10.1. The standard InChI is InChI=1S/C26H27ClN8O3/c1-34-23-22(27)21(38-20(12-28)17-6-2-3-9-29-17)13-30-24(23)32-26(34)31-19-11-18(15-7-8-15)33-35(25(19)36)16-5-4-10-37-14-16/h2-3,6,9,11-13,15-16H,4-5,7-8,10,14,28H2,1H3,(H,30,31,32)/b20-12+. The minimum absolute atomic E-state index is 0.0874. The van der Waals surface area contributed by atoms with Gasteiger partial charge in [-0.2, -0.15) is 10.1 Å². The van der Waals surface area contributed by atoms with Gasteiger partial charge in [0.1, 0.15) is 21.9 Å². The first-order valence-electron chi connectivity index (χ1n) is 12.5. The number of ether oxygens (including phenoxy) is 2. The molecule has 1 saturated heterocycles. The van der Waals surface area contributed by atoms with E-state index >= 15 is 0 Å². The molecule has 196 valence electrons. The van der Waals surface area contributed by atoms with E-state index in [9.17, 15) is 4.79 Å². The Morgan fingerprint density at radius 3 is 2.87 bits per heavy atom. The lowest BCUT2D eigenvalue weighted by Crippen LogP contribution is -2.34. The summed E-state index contributed by atoms with van der Waals surface area (Å²) in [5.41, 5.74) is 8.39. The predicted octanol–water partition coefficient (Wildman–Crippen LogP) is 3.88. The molecule has 0 aromatic carbocycles. The van der Waals surface area contributed by atoms with Crippen molar-refractivity contribution < 1.29 is 9.47 Å². The quantitative estimate of drug-likeness (QED) is 0.338. The Labute approximate surface area is 223 Å². The Bertz CT molecular complexity index is 1570. The van der Waals surface area contributed by atoms with Crippen LogP contribution in [0, 0.1) is 0 Å². The van der Waals surface area contributed by atoms with Crippen LogP contribution in [0.2, 0.25) is 5.02 Å². The van der Waals surface area contributed by atoms with E-state index in [4.69, 9.17) is 31.9 Å². The van der Waals surface area contributed by atoms with Gasteiger partial charge in [0.05, 0.1) is 24.5 Å². The fraction of sp³-hybridized carbons (Fsp3) is 0.346. The zero-order valence-corrected chi connectivity index (χ0v) is 21.6. The van der Waals surface area contributed by atoms with Crippen molar-refractivity contribution in [2.45, 2.75) is 37.6 Å². The van der Waals surface area contributed by atoms with Crippen LogP contribution in [0.5, 0.6) is 5.75 Å². The van der Waals surface area contributed by atoms with Crippen molar-refractivity contribution in [3.63, 3.8) is 0 Å². The van der Waals surface area contributed by atoms with Crippen LogP contribution in [0.15, 0.2) is 47.7 Å². The fourth-order valence-electron chi connectivity index (χ4n) is 4.58. The number of pyridine rings is 2. The van der Waals surface area contributed by atoms with Crippen LogP contribution in [0.4, 0.5) is 11.6 Å². The summed E-state index contributed by atoms with van der Waals surface area (Å²) >= 11 is 6.75. The normalized spacial score (nSPS) is 18.1. The van der Waals surface area contributed by atoms with Crippen molar-refractivity contribution >= 4 is 40.2 Å². The summed E-state index contributed by atoms with van der Waals surface area (Å²) in [6, 6.07) is 7.16. The number of aryl methyl sites for hydroxylation is 1. The Kier molecular flexibility index (Phi) is 6.46. The van der Waals surface area contributed by atoms with E-state index in [1.54, 1.807) is 34.6 Å². The van der Waals surface area contributed by atoms with Crippen molar-refractivity contribution in [2.24, 2.45) is 12.8 Å². The molecule has 2 fully saturated rings. The van der Waals surface area contributed by atoms with E-state index in [0.29, 0.717) is 64.2 Å². The highest BCUT2D eigenvalue weighted by atomic mass is 35.5. The third-order valence-corrected chi connectivity index (χ3v) is 7.14. The maximum atomic E-state index is 13.5. The molecule has 0 bridgehead atoms. The summed E-state index contributed by atoms with van der Waals surface area (Å²) in [7, 11) is 1.80. The molecule has 5 heterocycles. The summed E-state index contributed by atoms with van der Waals surface area (Å²) in [4.78, 5) is 26.8. The Hall–Kier alpha value is -3.96. The minimum atomic E-state index is -0.215. The third kappa shape index (κ3) is 4.59. The van der Waals surface area contributed by atoms with Gasteiger partial charge in [0, 0.05) is 32.0 Å². The summed E-state index contributed by atoms with van der Waals surface area (Å²) in [6.07, 6.45) is 8.34. The smallest absolute Gasteiger partial charge is 0.290 e. The number of fused-ring (bicyclic) bond motifs is 1. The summed E-state index contributed by atoms with van der Waals surface area (Å²) in [5, 5.41) is 8.22. The molecule has 0 radical (unpaired) electrons. The van der Waals surface area contributed by atoms with Crippen molar-refractivity contribution in [1.29, 1.82) is 0 Å². The number of hydrogen-bond donors (Lipinski definition) is 2. The lowest BCUT2D eigenvalue weighted by Gasteiger charge is -2.24. The van der Waals surface area contributed by atoms with Gasteiger partial charge in [-0.15, -0.1) is 0 Å². The second-order valence-corrected chi connectivity index (χ2v) is 9.83. The first kappa shape index (κ1) is 24.4. The molecule has 38 heavy (non-hydrogen) atoms. The molecule has 4 aromatic heterocycles. The molecule has 11 nitrogen and oxygen atoms in total. The van der Waals surface area contributed by atoms with Gasteiger partial charge in [-0.05, 0) is 43.9 Å². The van der Waals surface area contributed by atoms with E-state index < -0.39 is 0 Å². The van der Waals surface area contributed by atoms with Crippen LogP contribution >= 0.6 is 11.6 Å². The van der Waals surface area contributed by atoms with Crippen LogP contribution < -0.4 is 21.3 Å². The van der Waals surface area contributed by atoms with Gasteiger partial charge in [-0.3, -0.25) is 9.78 Å². The van der Waals surface area contributed by atoms with Gasteiger partial charge in [-0.25, -0.2) is 9.67 Å². The Balaban J connectivity index is 1.35. The van der Waals surface area contributed by atoms with Gasteiger partial charge in [0.25, 0.3) is 5.56 Å². The van der Waals surface area contributed by atoms with Crippen molar-refractivity contribution in [2.75, 3.05) is 18.5 Å². The number of anilines is 2. The number of halogens is 1. The molecule has 6 rings (SSSR count). The molecule has 3 N–H and O–H groups in total. The highest BCUT2D eigenvalue weighted by Gasteiger charge is 2.29. The molecular formula is C26H27ClN8O3. The Morgan fingerprint density at radius 1 is 1.29 bits per heavy atom. The van der Waals surface area contributed by atoms with E-state index in [-0.39, 0.29) is 11.6 Å². The molecule has 1 aliphatic carbocycles. The number of hydrogen-bond acceptors (Lipinski definition) is 9. The molecule has 1 unspecified atom stereocenters. The first-order valence-corrected chi connectivity index (χ1v) is 12.9. The molecule has 0 amide bonds. The molecule has 2 aliphatic rings. The van der Waals surface area contributed by atoms with Crippen LogP contribution in [-0.2, 0) is 11.8 Å². The number of aromatic nitrogens is 6. The molecule has 1 aliphatic heterocycles. The molecule has 4 aromatic rings. The number of nitrogens with zero attached hydrogens (tertiary/aromatic N) is 6. The van der Waals surface area contributed by atoms with Gasteiger partial charge in [-0.1, -0.05) is 17.7 Å². The lowest BCUT2D eigenvalue weighted by molar-refractivity contribution is 0.0530.